The summed E-state index contributed by atoms with van der Waals surface area (Å²) in [7, 11) is 3.08. The molecule has 2 aromatic carbocycles. The highest BCUT2D eigenvalue weighted by Gasteiger charge is 2.15. The summed E-state index contributed by atoms with van der Waals surface area (Å²) >= 11 is 0. The average molecular weight is 357 g/mol. The molecule has 2 aromatic rings. The molecule has 0 unspecified atom stereocenters. The van der Waals surface area contributed by atoms with Crippen LogP contribution in [0.15, 0.2) is 42.5 Å². The lowest BCUT2D eigenvalue weighted by atomic mass is 10.1. The summed E-state index contributed by atoms with van der Waals surface area (Å²) in [5.41, 5.74) is 1.69. The van der Waals surface area contributed by atoms with Gasteiger partial charge in [0, 0.05) is 6.54 Å². The van der Waals surface area contributed by atoms with E-state index in [1.54, 1.807) is 25.3 Å². The number of carbonyl (C=O) groups is 1. The summed E-state index contributed by atoms with van der Waals surface area (Å²) in [6.07, 6.45) is 1.91. The average Bonchev–Trinajstić information content (AvgIpc) is 2.65. The molecule has 5 heteroatoms. The van der Waals surface area contributed by atoms with Gasteiger partial charge in [-0.05, 0) is 56.5 Å². The van der Waals surface area contributed by atoms with Gasteiger partial charge < -0.3 is 19.5 Å². The van der Waals surface area contributed by atoms with Crippen LogP contribution < -0.4 is 19.5 Å². The maximum absolute atomic E-state index is 12.4. The zero-order valence-corrected chi connectivity index (χ0v) is 15.9. The predicted octanol–water partition coefficient (Wildman–Crippen LogP) is 3.85. The third-order valence-electron chi connectivity index (χ3n) is 3.87. The first-order valence-electron chi connectivity index (χ1n) is 8.80. The van der Waals surface area contributed by atoms with Gasteiger partial charge in [0.15, 0.2) is 11.5 Å². The number of aryl methyl sites for hydroxylation is 1. The number of hydrogen-bond acceptors (Lipinski definition) is 4. The van der Waals surface area contributed by atoms with Gasteiger partial charge in [0.1, 0.15) is 5.75 Å². The van der Waals surface area contributed by atoms with Crippen molar-refractivity contribution < 1.29 is 19.0 Å². The second-order valence-electron chi connectivity index (χ2n) is 6.21. The fourth-order valence-electron chi connectivity index (χ4n) is 2.66. The van der Waals surface area contributed by atoms with E-state index in [1.165, 1.54) is 12.7 Å². The van der Waals surface area contributed by atoms with Crippen molar-refractivity contribution >= 4 is 5.91 Å². The van der Waals surface area contributed by atoms with Gasteiger partial charge in [-0.1, -0.05) is 18.2 Å². The number of rotatable bonds is 9. The molecular weight excluding hydrogens is 330 g/mol. The lowest BCUT2D eigenvalue weighted by molar-refractivity contribution is 0.0949. The van der Waals surface area contributed by atoms with Crippen LogP contribution in [0.4, 0.5) is 0 Å². The number of amides is 1. The molecule has 5 nitrogen and oxygen atoms in total. The monoisotopic (exact) mass is 357 g/mol. The van der Waals surface area contributed by atoms with Gasteiger partial charge in [-0.15, -0.1) is 0 Å². The zero-order valence-electron chi connectivity index (χ0n) is 15.9. The molecule has 0 heterocycles. The molecule has 0 bridgehead atoms. The smallest absolute Gasteiger partial charge is 0.255 e. The summed E-state index contributed by atoms with van der Waals surface area (Å²) in [5, 5.41) is 2.93. The van der Waals surface area contributed by atoms with Crippen LogP contribution in [-0.4, -0.2) is 32.8 Å². The van der Waals surface area contributed by atoms with E-state index in [1.807, 2.05) is 26.0 Å². The van der Waals surface area contributed by atoms with E-state index in [9.17, 15) is 4.79 Å². The quantitative estimate of drug-likeness (QED) is 0.693. The van der Waals surface area contributed by atoms with Crippen molar-refractivity contribution in [3.8, 4) is 17.2 Å². The Morgan fingerprint density at radius 3 is 2.38 bits per heavy atom. The van der Waals surface area contributed by atoms with Crippen molar-refractivity contribution in [1.29, 1.82) is 0 Å². The minimum atomic E-state index is -0.165. The number of ether oxygens (including phenoxy) is 3. The molecule has 0 aromatic heterocycles. The predicted molar refractivity (Wildman–Crippen MR) is 102 cm³/mol. The second kappa shape index (κ2) is 9.70. The Kier molecular flexibility index (Phi) is 7.33. The Hall–Kier alpha value is -2.69. The van der Waals surface area contributed by atoms with Crippen LogP contribution >= 0.6 is 0 Å². The van der Waals surface area contributed by atoms with Crippen LogP contribution in [0.2, 0.25) is 0 Å². The van der Waals surface area contributed by atoms with Crippen molar-refractivity contribution in [3.05, 3.63) is 53.6 Å². The summed E-state index contributed by atoms with van der Waals surface area (Å²) in [6.45, 7) is 4.60. The molecule has 0 aliphatic carbocycles. The van der Waals surface area contributed by atoms with Crippen LogP contribution in [0.5, 0.6) is 17.2 Å². The molecule has 0 aliphatic heterocycles. The Balaban J connectivity index is 1.84. The molecular formula is C21H27NO4. The van der Waals surface area contributed by atoms with E-state index in [0.717, 1.165) is 18.6 Å². The van der Waals surface area contributed by atoms with Crippen LogP contribution in [-0.2, 0) is 6.42 Å². The highest BCUT2D eigenvalue weighted by atomic mass is 16.5. The van der Waals surface area contributed by atoms with Gasteiger partial charge in [-0.2, -0.15) is 0 Å². The number of methoxy groups -OCH3 is 2. The summed E-state index contributed by atoms with van der Waals surface area (Å²) in [5.74, 6) is 1.71. The molecule has 1 amide bonds. The first-order valence-corrected chi connectivity index (χ1v) is 8.80. The molecule has 0 atom stereocenters. The van der Waals surface area contributed by atoms with Crippen molar-refractivity contribution in [1.82, 2.24) is 5.32 Å². The molecule has 0 fully saturated rings. The second-order valence-corrected chi connectivity index (χ2v) is 6.21. The molecule has 0 saturated carbocycles. The van der Waals surface area contributed by atoms with Crippen molar-refractivity contribution in [2.24, 2.45) is 0 Å². The van der Waals surface area contributed by atoms with Crippen LogP contribution in [0, 0.1) is 0 Å². The topological polar surface area (TPSA) is 56.8 Å². The lowest BCUT2D eigenvalue weighted by Crippen LogP contribution is -2.25. The standard InChI is InChI=1S/C21H27NO4/c1-15(2)26-17-12-10-16(11-13-17)7-6-14-22-21(23)18-8-5-9-19(24-3)20(18)25-4/h5,8-13,15H,6-7,14H2,1-4H3,(H,22,23). The third-order valence-corrected chi connectivity index (χ3v) is 3.87. The first-order chi connectivity index (χ1) is 12.5. The van der Waals surface area contributed by atoms with E-state index >= 15 is 0 Å². The highest BCUT2D eigenvalue weighted by Crippen LogP contribution is 2.30. The van der Waals surface area contributed by atoms with Crippen molar-refractivity contribution in [2.45, 2.75) is 32.8 Å². The largest absolute Gasteiger partial charge is 0.493 e. The Morgan fingerprint density at radius 1 is 1.04 bits per heavy atom. The molecule has 0 radical (unpaired) electrons. The maximum Gasteiger partial charge on any atom is 0.255 e. The minimum absolute atomic E-state index is 0.165. The van der Waals surface area contributed by atoms with Crippen LogP contribution in [0.25, 0.3) is 0 Å². The number of benzene rings is 2. The van der Waals surface area contributed by atoms with Gasteiger partial charge in [-0.3, -0.25) is 4.79 Å². The minimum Gasteiger partial charge on any atom is -0.493 e. The van der Waals surface area contributed by atoms with E-state index < -0.39 is 0 Å². The van der Waals surface area contributed by atoms with Gasteiger partial charge in [0.05, 0.1) is 25.9 Å². The summed E-state index contributed by atoms with van der Waals surface area (Å²) in [6, 6.07) is 13.3. The fourth-order valence-corrected chi connectivity index (χ4v) is 2.66. The summed E-state index contributed by atoms with van der Waals surface area (Å²) in [4.78, 5) is 12.4. The highest BCUT2D eigenvalue weighted by molar-refractivity contribution is 5.97. The molecule has 2 rings (SSSR count). The Labute approximate surface area is 155 Å². The summed E-state index contributed by atoms with van der Waals surface area (Å²) < 4.78 is 16.2. The van der Waals surface area contributed by atoms with Crippen molar-refractivity contribution in [2.75, 3.05) is 20.8 Å². The number of carbonyl (C=O) groups excluding carboxylic acids is 1. The van der Waals surface area contributed by atoms with Gasteiger partial charge in [-0.25, -0.2) is 0 Å². The maximum atomic E-state index is 12.4. The van der Waals surface area contributed by atoms with Crippen LogP contribution in [0.1, 0.15) is 36.2 Å². The molecule has 26 heavy (non-hydrogen) atoms. The number of hydrogen-bond donors (Lipinski definition) is 1. The third kappa shape index (κ3) is 5.41. The van der Waals surface area contributed by atoms with Crippen LogP contribution in [0.3, 0.4) is 0 Å². The van der Waals surface area contributed by atoms with E-state index in [4.69, 9.17) is 14.2 Å². The Morgan fingerprint density at radius 2 is 1.77 bits per heavy atom. The number of para-hydroxylation sites is 1. The fraction of sp³-hybridized carbons (Fsp3) is 0.381. The molecule has 0 saturated heterocycles. The number of nitrogens with one attached hydrogen (secondary N) is 1. The molecule has 0 spiro atoms. The Bertz CT molecular complexity index is 710. The first kappa shape index (κ1) is 19.6. The van der Waals surface area contributed by atoms with E-state index in [2.05, 4.69) is 17.4 Å². The molecule has 140 valence electrons. The van der Waals surface area contributed by atoms with Gasteiger partial charge >= 0.3 is 0 Å². The van der Waals surface area contributed by atoms with Crippen molar-refractivity contribution in [3.63, 3.8) is 0 Å². The SMILES string of the molecule is COc1cccc(C(=O)NCCCc2ccc(OC(C)C)cc2)c1OC. The van der Waals surface area contributed by atoms with E-state index in [0.29, 0.717) is 23.6 Å². The lowest BCUT2D eigenvalue weighted by Gasteiger charge is -2.12. The van der Waals surface area contributed by atoms with Gasteiger partial charge in [0.25, 0.3) is 5.91 Å². The molecule has 1 N–H and O–H groups in total. The zero-order chi connectivity index (χ0) is 18.9. The molecule has 0 aliphatic rings. The van der Waals surface area contributed by atoms with E-state index in [-0.39, 0.29) is 12.0 Å². The van der Waals surface area contributed by atoms with Gasteiger partial charge in [0.2, 0.25) is 0 Å². The normalized spacial score (nSPS) is 10.5.